The van der Waals surface area contributed by atoms with Crippen molar-refractivity contribution in [3.63, 3.8) is 0 Å². The smallest absolute Gasteiger partial charge is 0.170 e. The van der Waals surface area contributed by atoms with Crippen LogP contribution in [0.4, 0.5) is 0 Å². The molecule has 0 bridgehead atoms. The predicted molar refractivity (Wildman–Crippen MR) is 53.3 cm³/mol. The molecule has 0 aliphatic carbocycles. The quantitative estimate of drug-likeness (QED) is 0.708. The SMILES string of the molecule is O=Cc1[nH]c(-c2ccccc2)cc1O. The Morgan fingerprint density at radius 2 is 1.93 bits per heavy atom. The second kappa shape index (κ2) is 3.38. The first-order chi connectivity index (χ1) is 6.81. The van der Waals surface area contributed by atoms with Crippen molar-refractivity contribution in [3.8, 4) is 17.0 Å². The summed E-state index contributed by atoms with van der Waals surface area (Å²) in [4.78, 5) is 13.3. The molecule has 2 N–H and O–H groups in total. The van der Waals surface area contributed by atoms with Crippen LogP contribution in [0.2, 0.25) is 0 Å². The number of carbonyl (C=O) groups is 1. The van der Waals surface area contributed by atoms with Crippen LogP contribution in [0, 0.1) is 0 Å². The summed E-state index contributed by atoms with van der Waals surface area (Å²) in [7, 11) is 0. The lowest BCUT2D eigenvalue weighted by Crippen LogP contribution is -1.80. The molecule has 0 saturated carbocycles. The lowest BCUT2D eigenvalue weighted by Gasteiger charge is -1.94. The lowest BCUT2D eigenvalue weighted by molar-refractivity contribution is 0.111. The monoisotopic (exact) mass is 187 g/mol. The van der Waals surface area contributed by atoms with E-state index in [-0.39, 0.29) is 11.4 Å². The van der Waals surface area contributed by atoms with E-state index in [4.69, 9.17) is 0 Å². The summed E-state index contributed by atoms with van der Waals surface area (Å²) in [5.41, 5.74) is 1.89. The van der Waals surface area contributed by atoms with E-state index in [9.17, 15) is 9.90 Å². The van der Waals surface area contributed by atoms with E-state index in [1.54, 1.807) is 6.07 Å². The van der Waals surface area contributed by atoms with Crippen LogP contribution in [-0.4, -0.2) is 16.4 Å². The number of aromatic amines is 1. The average molecular weight is 187 g/mol. The Balaban J connectivity index is 2.48. The number of nitrogens with one attached hydrogen (secondary N) is 1. The summed E-state index contributed by atoms with van der Waals surface area (Å²) in [5, 5.41) is 9.33. The molecule has 0 fully saturated rings. The second-order valence-electron chi connectivity index (χ2n) is 2.97. The third-order valence-electron chi connectivity index (χ3n) is 2.03. The van der Waals surface area contributed by atoms with Gasteiger partial charge in [0.25, 0.3) is 0 Å². The molecule has 0 radical (unpaired) electrons. The summed E-state index contributed by atoms with van der Waals surface area (Å²) in [5.74, 6) is -0.0150. The number of aromatic nitrogens is 1. The van der Waals surface area contributed by atoms with Crippen molar-refractivity contribution in [1.82, 2.24) is 4.98 Å². The molecule has 0 aliphatic rings. The van der Waals surface area contributed by atoms with Crippen LogP contribution in [-0.2, 0) is 0 Å². The van der Waals surface area contributed by atoms with E-state index in [1.165, 1.54) is 0 Å². The molecule has 1 heterocycles. The highest BCUT2D eigenvalue weighted by Crippen LogP contribution is 2.24. The van der Waals surface area contributed by atoms with Crippen LogP contribution in [0.3, 0.4) is 0 Å². The van der Waals surface area contributed by atoms with Gasteiger partial charge in [-0.25, -0.2) is 0 Å². The van der Waals surface area contributed by atoms with Crippen LogP contribution in [0.15, 0.2) is 36.4 Å². The third-order valence-corrected chi connectivity index (χ3v) is 2.03. The molecule has 3 nitrogen and oxygen atoms in total. The van der Waals surface area contributed by atoms with Gasteiger partial charge in [0.2, 0.25) is 0 Å². The van der Waals surface area contributed by atoms with Gasteiger partial charge in [0.15, 0.2) is 6.29 Å². The summed E-state index contributed by atoms with van der Waals surface area (Å²) in [6.07, 6.45) is 0.599. The van der Waals surface area contributed by atoms with E-state index in [0.29, 0.717) is 6.29 Å². The van der Waals surface area contributed by atoms with Crippen molar-refractivity contribution in [1.29, 1.82) is 0 Å². The maximum absolute atomic E-state index is 10.5. The molecule has 1 aromatic heterocycles. The molecule has 14 heavy (non-hydrogen) atoms. The molecule has 3 heteroatoms. The Kier molecular flexibility index (Phi) is 2.07. The molecular formula is C11H9NO2. The molecule has 1 aromatic carbocycles. The van der Waals surface area contributed by atoms with Gasteiger partial charge in [0.05, 0.1) is 0 Å². The first-order valence-electron chi connectivity index (χ1n) is 4.24. The largest absolute Gasteiger partial charge is 0.506 e. The highest BCUT2D eigenvalue weighted by molar-refractivity contribution is 5.80. The number of rotatable bonds is 2. The van der Waals surface area contributed by atoms with Crippen molar-refractivity contribution in [2.24, 2.45) is 0 Å². The van der Waals surface area contributed by atoms with E-state index >= 15 is 0 Å². The highest BCUT2D eigenvalue weighted by atomic mass is 16.3. The van der Waals surface area contributed by atoms with Crippen LogP contribution in [0.5, 0.6) is 5.75 Å². The maximum Gasteiger partial charge on any atom is 0.170 e. The Morgan fingerprint density at radius 1 is 1.21 bits per heavy atom. The van der Waals surface area contributed by atoms with Crippen molar-refractivity contribution in [3.05, 3.63) is 42.1 Å². The average Bonchev–Trinajstić information content (AvgIpc) is 2.61. The van der Waals surface area contributed by atoms with Gasteiger partial charge in [-0.3, -0.25) is 4.79 Å². The predicted octanol–water partition coefficient (Wildman–Crippen LogP) is 2.20. The van der Waals surface area contributed by atoms with Gasteiger partial charge in [-0.15, -0.1) is 0 Å². The summed E-state index contributed by atoms with van der Waals surface area (Å²) in [6, 6.07) is 11.0. The molecule has 0 saturated heterocycles. The van der Waals surface area contributed by atoms with Gasteiger partial charge in [-0.05, 0) is 5.56 Å². The van der Waals surface area contributed by atoms with Gasteiger partial charge in [0.1, 0.15) is 11.4 Å². The lowest BCUT2D eigenvalue weighted by atomic mass is 10.2. The van der Waals surface area contributed by atoms with Crippen LogP contribution >= 0.6 is 0 Å². The minimum Gasteiger partial charge on any atom is -0.506 e. The first-order valence-corrected chi connectivity index (χ1v) is 4.24. The highest BCUT2D eigenvalue weighted by Gasteiger charge is 2.06. The zero-order valence-electron chi connectivity index (χ0n) is 7.40. The normalized spacial score (nSPS) is 10.0. The number of benzene rings is 1. The van der Waals surface area contributed by atoms with Crippen LogP contribution in [0.1, 0.15) is 10.5 Å². The topological polar surface area (TPSA) is 53.1 Å². The number of hydrogen-bond donors (Lipinski definition) is 2. The van der Waals surface area contributed by atoms with Gasteiger partial charge in [-0.1, -0.05) is 30.3 Å². The zero-order valence-corrected chi connectivity index (χ0v) is 7.40. The Labute approximate surface area is 81.0 Å². The van der Waals surface area contributed by atoms with Crippen molar-refractivity contribution >= 4 is 6.29 Å². The number of aldehydes is 1. The minimum atomic E-state index is -0.0150. The Bertz CT molecular complexity index is 446. The van der Waals surface area contributed by atoms with Gasteiger partial charge in [-0.2, -0.15) is 0 Å². The summed E-state index contributed by atoms with van der Waals surface area (Å²) < 4.78 is 0. The zero-order chi connectivity index (χ0) is 9.97. The molecule has 0 spiro atoms. The molecule has 0 amide bonds. The summed E-state index contributed by atoms with van der Waals surface area (Å²) >= 11 is 0. The fraction of sp³-hybridized carbons (Fsp3) is 0. The van der Waals surface area contributed by atoms with Crippen LogP contribution < -0.4 is 0 Å². The summed E-state index contributed by atoms with van der Waals surface area (Å²) in [6.45, 7) is 0. The molecule has 0 unspecified atom stereocenters. The van der Waals surface area contributed by atoms with Crippen molar-refractivity contribution in [2.45, 2.75) is 0 Å². The fourth-order valence-corrected chi connectivity index (χ4v) is 1.32. The van der Waals surface area contributed by atoms with E-state index < -0.39 is 0 Å². The van der Waals surface area contributed by atoms with Crippen LogP contribution in [0.25, 0.3) is 11.3 Å². The molecule has 0 aliphatic heterocycles. The minimum absolute atomic E-state index is 0.0150. The number of aromatic hydroxyl groups is 1. The van der Waals surface area contributed by atoms with Crippen molar-refractivity contribution in [2.75, 3.05) is 0 Å². The van der Waals surface area contributed by atoms with Gasteiger partial charge in [0, 0.05) is 11.8 Å². The fourth-order valence-electron chi connectivity index (χ4n) is 1.32. The standard InChI is InChI=1S/C11H9NO2/c13-7-10-11(14)6-9(12-10)8-4-2-1-3-5-8/h1-7,12,14H. The Hall–Kier alpha value is -2.03. The van der Waals surface area contributed by atoms with Gasteiger partial charge < -0.3 is 10.1 Å². The molecule has 2 rings (SSSR count). The van der Waals surface area contributed by atoms with Gasteiger partial charge >= 0.3 is 0 Å². The number of hydrogen-bond acceptors (Lipinski definition) is 2. The van der Waals surface area contributed by atoms with E-state index in [1.807, 2.05) is 30.3 Å². The molecule has 2 aromatic rings. The number of carbonyl (C=O) groups excluding carboxylic acids is 1. The third kappa shape index (κ3) is 1.40. The maximum atomic E-state index is 10.5. The molecule has 0 atom stereocenters. The van der Waals surface area contributed by atoms with E-state index in [2.05, 4.69) is 4.98 Å². The number of H-pyrrole nitrogens is 1. The second-order valence-corrected chi connectivity index (χ2v) is 2.97. The Morgan fingerprint density at radius 3 is 2.50 bits per heavy atom. The molecule has 70 valence electrons. The molecular weight excluding hydrogens is 178 g/mol. The first kappa shape index (κ1) is 8.56. The van der Waals surface area contributed by atoms with E-state index in [0.717, 1.165) is 11.3 Å². The van der Waals surface area contributed by atoms with Crippen molar-refractivity contribution < 1.29 is 9.90 Å².